The van der Waals surface area contributed by atoms with E-state index < -0.39 is 0 Å². The van der Waals surface area contributed by atoms with Crippen LogP contribution in [0.2, 0.25) is 0 Å². The standard InChI is InChI=1S/C13H24O/c1-13(9-3-2-4-10-13)11-5-7-12(14)8-6-11/h11-12,14H,2-10H2,1H3. The Bertz CT molecular complexity index is 174. The summed E-state index contributed by atoms with van der Waals surface area (Å²) in [6, 6.07) is 0. The van der Waals surface area contributed by atoms with E-state index >= 15 is 0 Å². The predicted octanol–water partition coefficient (Wildman–Crippen LogP) is 3.51. The monoisotopic (exact) mass is 196 g/mol. The van der Waals surface area contributed by atoms with Gasteiger partial charge in [0.1, 0.15) is 0 Å². The molecule has 0 radical (unpaired) electrons. The average molecular weight is 196 g/mol. The quantitative estimate of drug-likeness (QED) is 0.680. The first-order valence-electron chi connectivity index (χ1n) is 6.39. The van der Waals surface area contributed by atoms with Crippen LogP contribution >= 0.6 is 0 Å². The van der Waals surface area contributed by atoms with Crippen LogP contribution in [-0.2, 0) is 0 Å². The van der Waals surface area contributed by atoms with E-state index in [-0.39, 0.29) is 6.10 Å². The molecule has 14 heavy (non-hydrogen) atoms. The highest BCUT2D eigenvalue weighted by Gasteiger charge is 2.36. The van der Waals surface area contributed by atoms with Crippen molar-refractivity contribution >= 4 is 0 Å². The van der Waals surface area contributed by atoms with Crippen molar-refractivity contribution in [3.8, 4) is 0 Å². The maximum atomic E-state index is 9.51. The third-order valence-corrected chi connectivity index (χ3v) is 4.68. The molecule has 0 heterocycles. The number of hydrogen-bond donors (Lipinski definition) is 1. The Balaban J connectivity index is 1.92. The molecule has 0 aromatic rings. The lowest BCUT2D eigenvalue weighted by Gasteiger charge is -2.43. The molecule has 0 unspecified atom stereocenters. The second kappa shape index (κ2) is 4.22. The minimum Gasteiger partial charge on any atom is -0.393 e. The van der Waals surface area contributed by atoms with Crippen LogP contribution in [0.15, 0.2) is 0 Å². The van der Waals surface area contributed by atoms with Gasteiger partial charge in [0, 0.05) is 0 Å². The molecule has 2 saturated carbocycles. The molecular weight excluding hydrogens is 172 g/mol. The zero-order valence-electron chi connectivity index (χ0n) is 9.47. The summed E-state index contributed by atoms with van der Waals surface area (Å²) in [6.45, 7) is 2.49. The molecule has 0 spiro atoms. The van der Waals surface area contributed by atoms with Crippen molar-refractivity contribution < 1.29 is 5.11 Å². The fourth-order valence-corrected chi connectivity index (χ4v) is 3.54. The van der Waals surface area contributed by atoms with Gasteiger partial charge in [-0.1, -0.05) is 26.2 Å². The average Bonchev–Trinajstić information content (AvgIpc) is 2.19. The van der Waals surface area contributed by atoms with Gasteiger partial charge in [-0.3, -0.25) is 0 Å². The molecule has 1 N–H and O–H groups in total. The lowest BCUT2D eigenvalue weighted by Crippen LogP contribution is -2.33. The smallest absolute Gasteiger partial charge is 0.0540 e. The lowest BCUT2D eigenvalue weighted by atomic mass is 9.63. The number of hydrogen-bond acceptors (Lipinski definition) is 1. The van der Waals surface area contributed by atoms with Gasteiger partial charge in [0.25, 0.3) is 0 Å². The molecule has 82 valence electrons. The van der Waals surface area contributed by atoms with Gasteiger partial charge >= 0.3 is 0 Å². The van der Waals surface area contributed by atoms with Gasteiger partial charge in [-0.05, 0) is 49.9 Å². The Kier molecular flexibility index (Phi) is 3.16. The third kappa shape index (κ3) is 2.13. The molecule has 0 saturated heterocycles. The molecule has 2 rings (SSSR count). The fraction of sp³-hybridized carbons (Fsp3) is 1.00. The Labute approximate surface area is 87.9 Å². The van der Waals surface area contributed by atoms with Crippen molar-refractivity contribution in [3.63, 3.8) is 0 Å². The van der Waals surface area contributed by atoms with E-state index in [0.29, 0.717) is 5.41 Å². The molecule has 0 aromatic heterocycles. The summed E-state index contributed by atoms with van der Waals surface area (Å²) < 4.78 is 0. The number of aliphatic hydroxyl groups is 1. The van der Waals surface area contributed by atoms with Crippen LogP contribution in [0, 0.1) is 11.3 Å². The summed E-state index contributed by atoms with van der Waals surface area (Å²) >= 11 is 0. The van der Waals surface area contributed by atoms with E-state index in [1.807, 2.05) is 0 Å². The van der Waals surface area contributed by atoms with Crippen molar-refractivity contribution in [1.82, 2.24) is 0 Å². The fourth-order valence-electron chi connectivity index (χ4n) is 3.54. The molecule has 0 bridgehead atoms. The third-order valence-electron chi connectivity index (χ3n) is 4.68. The minimum atomic E-state index is 0.0124. The van der Waals surface area contributed by atoms with Crippen LogP contribution in [0.5, 0.6) is 0 Å². The molecule has 0 atom stereocenters. The van der Waals surface area contributed by atoms with Crippen LogP contribution < -0.4 is 0 Å². The van der Waals surface area contributed by atoms with Crippen LogP contribution in [0.3, 0.4) is 0 Å². The Morgan fingerprint density at radius 3 is 2.07 bits per heavy atom. The van der Waals surface area contributed by atoms with Gasteiger partial charge in [-0.2, -0.15) is 0 Å². The maximum Gasteiger partial charge on any atom is 0.0540 e. The first kappa shape index (κ1) is 10.5. The van der Waals surface area contributed by atoms with Gasteiger partial charge in [0.2, 0.25) is 0 Å². The molecule has 0 aliphatic heterocycles. The topological polar surface area (TPSA) is 20.2 Å². The second-order valence-electron chi connectivity index (χ2n) is 5.72. The number of aliphatic hydroxyl groups excluding tert-OH is 1. The summed E-state index contributed by atoms with van der Waals surface area (Å²) in [5, 5.41) is 9.51. The number of rotatable bonds is 1. The summed E-state index contributed by atoms with van der Waals surface area (Å²) in [6.07, 6.45) is 11.9. The van der Waals surface area contributed by atoms with Crippen LogP contribution in [-0.4, -0.2) is 11.2 Å². The zero-order chi connectivity index (χ0) is 10.0. The normalized spacial score (nSPS) is 38.1. The maximum absolute atomic E-state index is 9.51. The Morgan fingerprint density at radius 2 is 1.50 bits per heavy atom. The van der Waals surface area contributed by atoms with E-state index in [4.69, 9.17) is 0 Å². The van der Waals surface area contributed by atoms with Crippen molar-refractivity contribution in [3.05, 3.63) is 0 Å². The zero-order valence-corrected chi connectivity index (χ0v) is 9.47. The highest BCUT2D eigenvalue weighted by Crippen LogP contribution is 2.47. The minimum absolute atomic E-state index is 0.0124. The van der Waals surface area contributed by atoms with Gasteiger partial charge in [-0.15, -0.1) is 0 Å². The molecule has 1 nitrogen and oxygen atoms in total. The predicted molar refractivity (Wildman–Crippen MR) is 59.2 cm³/mol. The molecule has 0 amide bonds. The Morgan fingerprint density at radius 1 is 0.929 bits per heavy atom. The van der Waals surface area contributed by atoms with E-state index in [1.54, 1.807) is 0 Å². The lowest BCUT2D eigenvalue weighted by molar-refractivity contribution is 0.0372. The van der Waals surface area contributed by atoms with E-state index in [2.05, 4.69) is 6.92 Å². The molecule has 0 aromatic carbocycles. The van der Waals surface area contributed by atoms with Gasteiger partial charge in [-0.25, -0.2) is 0 Å². The molecule has 2 aliphatic carbocycles. The van der Waals surface area contributed by atoms with Crippen molar-refractivity contribution in [2.45, 2.75) is 70.8 Å². The summed E-state index contributed by atoms with van der Waals surface area (Å²) in [5.41, 5.74) is 0.623. The summed E-state index contributed by atoms with van der Waals surface area (Å²) in [7, 11) is 0. The van der Waals surface area contributed by atoms with Crippen molar-refractivity contribution in [2.24, 2.45) is 11.3 Å². The first-order valence-corrected chi connectivity index (χ1v) is 6.39. The largest absolute Gasteiger partial charge is 0.393 e. The van der Waals surface area contributed by atoms with Crippen molar-refractivity contribution in [1.29, 1.82) is 0 Å². The van der Waals surface area contributed by atoms with Gasteiger partial charge < -0.3 is 5.11 Å². The van der Waals surface area contributed by atoms with Gasteiger partial charge in [0.15, 0.2) is 0 Å². The summed E-state index contributed by atoms with van der Waals surface area (Å²) in [4.78, 5) is 0. The molecule has 2 fully saturated rings. The Hall–Kier alpha value is -0.0400. The van der Waals surface area contributed by atoms with Crippen LogP contribution in [0.4, 0.5) is 0 Å². The van der Waals surface area contributed by atoms with Crippen LogP contribution in [0.1, 0.15) is 64.7 Å². The highest BCUT2D eigenvalue weighted by molar-refractivity contribution is 4.88. The molecule has 2 aliphatic rings. The van der Waals surface area contributed by atoms with Crippen molar-refractivity contribution in [2.75, 3.05) is 0 Å². The first-order chi connectivity index (χ1) is 6.71. The van der Waals surface area contributed by atoms with Crippen LogP contribution in [0.25, 0.3) is 0 Å². The van der Waals surface area contributed by atoms with E-state index in [0.717, 1.165) is 18.8 Å². The SMILES string of the molecule is CC1(C2CCC(O)CC2)CCCCC1. The summed E-state index contributed by atoms with van der Waals surface area (Å²) in [5.74, 6) is 0.909. The van der Waals surface area contributed by atoms with E-state index in [9.17, 15) is 5.11 Å². The molecular formula is C13H24O. The molecule has 1 heteroatoms. The highest BCUT2D eigenvalue weighted by atomic mass is 16.3. The van der Waals surface area contributed by atoms with Gasteiger partial charge in [0.05, 0.1) is 6.10 Å². The second-order valence-corrected chi connectivity index (χ2v) is 5.72. The van der Waals surface area contributed by atoms with E-state index in [1.165, 1.54) is 44.9 Å².